The molecule has 2 aliphatic rings. The molecule has 1 aliphatic carbocycles. The van der Waals surface area contributed by atoms with Crippen LogP contribution in [0.1, 0.15) is 93.7 Å². The normalized spacial score (nSPS) is 21.4. The number of aliphatic imine (C=N–C) groups is 1. The number of halogens is 2. The number of hydrogen-bond acceptors (Lipinski definition) is 4. The molecule has 43 heavy (non-hydrogen) atoms. The van der Waals surface area contributed by atoms with Crippen LogP contribution in [0, 0.1) is 17.8 Å². The zero-order valence-corrected chi connectivity index (χ0v) is 26.8. The highest BCUT2D eigenvalue weighted by Crippen LogP contribution is 2.48. The van der Waals surface area contributed by atoms with Crippen molar-refractivity contribution in [3.8, 4) is 0 Å². The summed E-state index contributed by atoms with van der Waals surface area (Å²) in [7, 11) is 0. The van der Waals surface area contributed by atoms with Gasteiger partial charge in [0.2, 0.25) is 0 Å². The number of hydrogen-bond donors (Lipinski definition) is 3. The quantitative estimate of drug-likeness (QED) is 0.130. The fourth-order valence-electron chi connectivity index (χ4n) is 6.22. The second-order valence-electron chi connectivity index (χ2n) is 12.4. The molecule has 0 aromatic heterocycles. The molecular weight excluding hydrogens is 585 g/mol. The molecule has 0 bridgehead atoms. The molecule has 230 valence electrons. The van der Waals surface area contributed by atoms with E-state index in [1.165, 1.54) is 0 Å². The molecule has 4 rings (SSSR count). The molecule has 1 spiro atoms. The smallest absolute Gasteiger partial charge is 0.275 e. The van der Waals surface area contributed by atoms with Crippen LogP contribution >= 0.6 is 23.2 Å². The number of amidine groups is 1. The molecule has 0 radical (unpaired) electrons. The lowest BCUT2D eigenvalue weighted by molar-refractivity contribution is -0.221. The summed E-state index contributed by atoms with van der Waals surface area (Å²) in [5.41, 5.74) is 12.5. The Morgan fingerprint density at radius 3 is 2.28 bits per heavy atom. The molecule has 1 heterocycles. The largest absolute Gasteiger partial charge is 0.363 e. The van der Waals surface area contributed by atoms with Crippen molar-refractivity contribution in [1.29, 1.82) is 0 Å². The minimum atomic E-state index is -0.658. The second kappa shape index (κ2) is 14.0. The van der Waals surface area contributed by atoms with Gasteiger partial charge in [-0.25, -0.2) is 0 Å². The van der Waals surface area contributed by atoms with Crippen molar-refractivity contribution in [2.45, 2.75) is 77.9 Å². The summed E-state index contributed by atoms with van der Waals surface area (Å²) < 4.78 is 0. The van der Waals surface area contributed by atoms with Crippen LogP contribution in [0.2, 0.25) is 10.0 Å². The molecular formula is C32H42Cl2N7O2+. The van der Waals surface area contributed by atoms with Gasteiger partial charge in [-0.3, -0.25) is 14.6 Å². The number of carbonyl (C=O) groups excluding carboxylic acids is 2. The lowest BCUT2D eigenvalue weighted by Crippen LogP contribution is -2.51. The number of amides is 2. The molecule has 0 saturated heterocycles. The van der Waals surface area contributed by atoms with E-state index in [2.05, 4.69) is 43.3 Å². The summed E-state index contributed by atoms with van der Waals surface area (Å²) in [6.07, 6.45) is 5.25. The minimum absolute atomic E-state index is 0.0219. The van der Waals surface area contributed by atoms with Crippen molar-refractivity contribution in [3.05, 3.63) is 69.2 Å². The van der Waals surface area contributed by atoms with Gasteiger partial charge in [-0.05, 0) is 92.2 Å². The predicted molar refractivity (Wildman–Crippen MR) is 171 cm³/mol. The van der Waals surface area contributed by atoms with Crippen LogP contribution in [0.25, 0.3) is 0 Å². The summed E-state index contributed by atoms with van der Waals surface area (Å²) in [5.74, 6) is 1.29. The highest BCUT2D eigenvalue weighted by atomic mass is 35.5. The number of nitrogens with zero attached hydrogens (tertiary/aromatic N) is 4. The fourth-order valence-corrected chi connectivity index (χ4v) is 6.75. The first-order valence-electron chi connectivity index (χ1n) is 14.9. The van der Waals surface area contributed by atoms with E-state index in [-0.39, 0.29) is 30.2 Å². The Labute approximate surface area is 263 Å². The molecule has 1 saturated carbocycles. The van der Waals surface area contributed by atoms with Crippen LogP contribution in [0.15, 0.2) is 57.8 Å². The zero-order valence-electron chi connectivity index (χ0n) is 25.3. The first-order chi connectivity index (χ1) is 20.4. The van der Waals surface area contributed by atoms with E-state index in [0.717, 1.165) is 44.1 Å². The third kappa shape index (κ3) is 7.62. The third-order valence-electron chi connectivity index (χ3n) is 8.60. The number of carbonyl (C=O) groups is 2. The van der Waals surface area contributed by atoms with Gasteiger partial charge < -0.3 is 16.0 Å². The first-order valence-corrected chi connectivity index (χ1v) is 15.7. The van der Waals surface area contributed by atoms with E-state index in [4.69, 9.17) is 39.5 Å². The maximum atomic E-state index is 14.5. The summed E-state index contributed by atoms with van der Waals surface area (Å²) in [6.45, 7) is 8.92. The molecule has 2 aromatic rings. The van der Waals surface area contributed by atoms with Gasteiger partial charge in [0.15, 0.2) is 0 Å². The summed E-state index contributed by atoms with van der Waals surface area (Å²) in [5, 5.41) is 10.3. The van der Waals surface area contributed by atoms with E-state index >= 15 is 0 Å². The van der Waals surface area contributed by atoms with Crippen molar-refractivity contribution in [3.63, 3.8) is 0 Å². The van der Waals surface area contributed by atoms with Crippen molar-refractivity contribution < 1.29 is 15.1 Å². The van der Waals surface area contributed by atoms with Gasteiger partial charge in [0.1, 0.15) is 23.1 Å². The van der Waals surface area contributed by atoms with Crippen LogP contribution in [0.5, 0.6) is 0 Å². The van der Waals surface area contributed by atoms with Crippen molar-refractivity contribution in [2.75, 3.05) is 6.54 Å². The highest BCUT2D eigenvalue weighted by molar-refractivity contribution is 6.47. The average molecular weight is 628 g/mol. The third-order valence-corrected chi connectivity index (χ3v) is 9.04. The Morgan fingerprint density at radius 1 is 1.09 bits per heavy atom. The lowest BCUT2D eigenvalue weighted by Gasteiger charge is -2.46. The van der Waals surface area contributed by atoms with E-state index in [0.29, 0.717) is 44.6 Å². The lowest BCUT2D eigenvalue weighted by atomic mass is 9.75. The molecule has 1 aliphatic heterocycles. The van der Waals surface area contributed by atoms with Gasteiger partial charge in [-0.15, -0.1) is 0 Å². The van der Waals surface area contributed by atoms with E-state index < -0.39 is 5.66 Å². The Kier molecular flexibility index (Phi) is 10.6. The molecule has 0 unspecified atom stereocenters. The van der Waals surface area contributed by atoms with Crippen molar-refractivity contribution in [1.82, 2.24) is 10.2 Å². The maximum Gasteiger partial charge on any atom is 0.275 e. The SMILES string of the molecule is CC(C)CC[C@H](c1ccc(C(=O)NC/C(N)=N/N=[NH2+])cc1)N1C(=O)C(c2cc(Cl)cc(Cl)c2)=NC12CCC(C(C)C)CC2. The Bertz CT molecular complexity index is 1380. The highest BCUT2D eigenvalue weighted by Gasteiger charge is 2.52. The number of nitrogens with two attached hydrogens (primary N) is 2. The molecule has 2 aromatic carbocycles. The van der Waals surface area contributed by atoms with Gasteiger partial charge >= 0.3 is 0 Å². The summed E-state index contributed by atoms with van der Waals surface area (Å²) in [6, 6.07) is 12.4. The van der Waals surface area contributed by atoms with Crippen LogP contribution in [-0.4, -0.2) is 40.5 Å². The Hall–Kier alpha value is -3.30. The van der Waals surface area contributed by atoms with Crippen LogP contribution in [0.4, 0.5) is 0 Å². The van der Waals surface area contributed by atoms with Crippen LogP contribution < -0.4 is 16.6 Å². The van der Waals surface area contributed by atoms with E-state index in [9.17, 15) is 9.59 Å². The van der Waals surface area contributed by atoms with E-state index in [1.807, 2.05) is 17.0 Å². The minimum Gasteiger partial charge on any atom is -0.363 e. The molecule has 9 nitrogen and oxygen atoms in total. The molecule has 2 amide bonds. The van der Waals surface area contributed by atoms with Gasteiger partial charge in [0.05, 0.1) is 11.1 Å². The standard InChI is InChI=1S/C32H41Cl2N7O2/c1-19(2)5-10-27(22-6-8-23(9-7-22)30(42)37-18-28(35)39-40-36)41-31(43)29(24-15-25(33)17-26(34)16-24)38-32(41)13-11-21(12-14-32)20(3)4/h6-9,15-17,19-21,27H,5,10-14,18H2,1-4H3,(H,37,42)(H3,35,36,39)/p+1/t21?,27-,32?/m1/s1. The van der Waals surface area contributed by atoms with Crippen molar-refractivity contribution >= 4 is 46.6 Å². The van der Waals surface area contributed by atoms with Gasteiger partial charge in [-0.1, -0.05) is 63.0 Å². The van der Waals surface area contributed by atoms with Gasteiger partial charge in [0, 0.05) is 21.2 Å². The number of benzene rings is 2. The fraction of sp³-hybridized carbons (Fsp3) is 0.500. The van der Waals surface area contributed by atoms with Crippen LogP contribution in [-0.2, 0) is 4.79 Å². The first kappa shape index (κ1) is 32.6. The van der Waals surface area contributed by atoms with Crippen molar-refractivity contribution in [2.24, 2.45) is 38.8 Å². The second-order valence-corrected chi connectivity index (χ2v) is 13.2. The Balaban J connectivity index is 1.71. The average Bonchev–Trinajstić information content (AvgIpc) is 3.23. The molecule has 1 fully saturated rings. The molecule has 5 N–H and O–H groups in total. The van der Waals surface area contributed by atoms with Gasteiger partial charge in [0.25, 0.3) is 17.6 Å². The monoisotopic (exact) mass is 626 g/mol. The van der Waals surface area contributed by atoms with Crippen LogP contribution in [0.3, 0.4) is 0 Å². The molecule has 1 atom stereocenters. The number of rotatable bonds is 11. The Morgan fingerprint density at radius 2 is 1.72 bits per heavy atom. The van der Waals surface area contributed by atoms with Gasteiger partial charge in [-0.2, -0.15) is 5.53 Å². The maximum absolute atomic E-state index is 14.5. The molecule has 11 heteroatoms. The predicted octanol–water partition coefficient (Wildman–Crippen LogP) is 5.56. The topological polar surface area (TPSA) is 138 Å². The van der Waals surface area contributed by atoms with E-state index in [1.54, 1.807) is 30.3 Å². The number of nitrogens with one attached hydrogen (secondary N) is 1. The zero-order chi connectivity index (χ0) is 31.3. The summed E-state index contributed by atoms with van der Waals surface area (Å²) in [4.78, 5) is 34.5. The summed E-state index contributed by atoms with van der Waals surface area (Å²) >= 11 is 12.7.